The molecule has 0 amide bonds. The molecule has 3 saturated carbocycles. The van der Waals surface area contributed by atoms with E-state index in [9.17, 15) is 0 Å². The number of rotatable bonds is 18. The van der Waals surface area contributed by atoms with E-state index in [0.717, 1.165) is 35.8 Å². The van der Waals surface area contributed by atoms with Crippen LogP contribution in [0.5, 0.6) is 0 Å². The summed E-state index contributed by atoms with van der Waals surface area (Å²) in [7, 11) is 0. The molecule has 3 aliphatic carbocycles. The summed E-state index contributed by atoms with van der Waals surface area (Å²) in [6.45, 7) is 14.7. The Bertz CT molecular complexity index is 585. The first-order valence-corrected chi connectivity index (χ1v) is 18.5. The molecule has 2 heteroatoms. The maximum Gasteiger partial charge on any atom is 0.00956 e. The van der Waals surface area contributed by atoms with Crippen molar-refractivity contribution in [1.82, 2.24) is 9.80 Å². The fourth-order valence-corrected chi connectivity index (χ4v) is 7.88. The molecule has 40 heavy (non-hydrogen) atoms. The lowest BCUT2D eigenvalue weighted by Crippen LogP contribution is -2.39. The zero-order chi connectivity index (χ0) is 28.4. The summed E-state index contributed by atoms with van der Waals surface area (Å²) in [6.07, 6.45) is 38.5. The normalized spacial score (nSPS) is 30.2. The molecular formula is C38H70N2. The Kier molecular flexibility index (Phi) is 17.2. The molecule has 0 saturated heterocycles. The molecule has 0 spiro atoms. The predicted octanol–water partition coefficient (Wildman–Crippen LogP) is 10.8. The van der Waals surface area contributed by atoms with Crippen LogP contribution in [0.4, 0.5) is 0 Å². The molecule has 3 fully saturated rings. The lowest BCUT2D eigenvalue weighted by Gasteiger charge is -2.37. The molecule has 3 rings (SSSR count). The van der Waals surface area contributed by atoms with Crippen LogP contribution in [0, 0.1) is 23.7 Å². The third kappa shape index (κ3) is 12.3. The minimum absolute atomic E-state index is 0.848. The first-order valence-electron chi connectivity index (χ1n) is 18.5. The van der Waals surface area contributed by atoms with Crippen molar-refractivity contribution in [1.29, 1.82) is 0 Å². The summed E-state index contributed by atoms with van der Waals surface area (Å²) in [4.78, 5) is 5.70. The van der Waals surface area contributed by atoms with Crippen LogP contribution < -0.4 is 0 Å². The van der Waals surface area contributed by atoms with Gasteiger partial charge in [0.25, 0.3) is 0 Å². The second-order valence-electron chi connectivity index (χ2n) is 14.1. The van der Waals surface area contributed by atoms with Crippen molar-refractivity contribution in [2.45, 2.75) is 168 Å². The Morgan fingerprint density at radius 1 is 0.375 bits per heavy atom. The van der Waals surface area contributed by atoms with E-state index in [1.165, 1.54) is 155 Å². The summed E-state index contributed by atoms with van der Waals surface area (Å²) >= 11 is 0. The Labute approximate surface area is 251 Å². The highest BCUT2D eigenvalue weighted by Gasteiger charge is 2.26. The SMILES string of the molecule is CCCCN(CCCC)C1CCC(/C=C/C2CCC(/C=C/C3CCC(N(CCCC)CCCC)CC3)CC2)CC1. The van der Waals surface area contributed by atoms with Gasteiger partial charge in [0.15, 0.2) is 0 Å². The smallest absolute Gasteiger partial charge is 0.00956 e. The highest BCUT2D eigenvalue weighted by atomic mass is 15.2. The van der Waals surface area contributed by atoms with Crippen LogP contribution in [-0.4, -0.2) is 48.1 Å². The predicted molar refractivity (Wildman–Crippen MR) is 178 cm³/mol. The molecule has 2 nitrogen and oxygen atoms in total. The summed E-state index contributed by atoms with van der Waals surface area (Å²) in [5, 5.41) is 0. The number of nitrogens with zero attached hydrogens (tertiary/aromatic N) is 2. The minimum Gasteiger partial charge on any atom is -0.300 e. The lowest BCUT2D eigenvalue weighted by molar-refractivity contribution is 0.140. The third-order valence-electron chi connectivity index (χ3n) is 10.8. The van der Waals surface area contributed by atoms with Gasteiger partial charge in [-0.1, -0.05) is 77.7 Å². The van der Waals surface area contributed by atoms with Gasteiger partial charge in [0.1, 0.15) is 0 Å². The van der Waals surface area contributed by atoms with Crippen molar-refractivity contribution in [2.24, 2.45) is 23.7 Å². The maximum absolute atomic E-state index is 2.85. The second-order valence-corrected chi connectivity index (χ2v) is 14.1. The van der Waals surface area contributed by atoms with Gasteiger partial charge in [0, 0.05) is 12.1 Å². The zero-order valence-electron chi connectivity index (χ0n) is 27.6. The second kappa shape index (κ2) is 20.3. The molecule has 232 valence electrons. The van der Waals surface area contributed by atoms with E-state index in [1.807, 2.05) is 0 Å². The molecule has 0 aromatic carbocycles. The highest BCUT2D eigenvalue weighted by molar-refractivity contribution is 5.01. The van der Waals surface area contributed by atoms with E-state index in [1.54, 1.807) is 0 Å². The van der Waals surface area contributed by atoms with E-state index in [0.29, 0.717) is 0 Å². The Balaban J connectivity index is 1.32. The van der Waals surface area contributed by atoms with Gasteiger partial charge in [-0.25, -0.2) is 0 Å². The number of allylic oxidation sites excluding steroid dienone is 4. The third-order valence-corrected chi connectivity index (χ3v) is 10.8. The summed E-state index contributed by atoms with van der Waals surface area (Å²) in [5.74, 6) is 3.40. The Morgan fingerprint density at radius 2 is 0.600 bits per heavy atom. The number of unbranched alkanes of at least 4 members (excludes halogenated alkanes) is 4. The van der Waals surface area contributed by atoms with Gasteiger partial charge in [-0.15, -0.1) is 0 Å². The minimum atomic E-state index is 0.848. The lowest BCUT2D eigenvalue weighted by atomic mass is 9.79. The van der Waals surface area contributed by atoms with Crippen LogP contribution in [-0.2, 0) is 0 Å². The van der Waals surface area contributed by atoms with E-state index in [-0.39, 0.29) is 0 Å². The molecule has 0 atom stereocenters. The zero-order valence-corrected chi connectivity index (χ0v) is 27.6. The van der Waals surface area contributed by atoms with Crippen LogP contribution in [0.25, 0.3) is 0 Å². The van der Waals surface area contributed by atoms with Gasteiger partial charge in [-0.05, 0) is 153 Å². The van der Waals surface area contributed by atoms with Crippen LogP contribution in [0.1, 0.15) is 156 Å². The fraction of sp³-hybridized carbons (Fsp3) is 0.895. The van der Waals surface area contributed by atoms with Gasteiger partial charge >= 0.3 is 0 Å². The Morgan fingerprint density at radius 3 is 0.825 bits per heavy atom. The quantitative estimate of drug-likeness (QED) is 0.155. The standard InChI is InChI=1S/C38H70N2/c1-5-9-29-39(30-10-6-2)37-25-21-35(22-26-37)19-17-33-13-15-34(16-14-33)18-20-36-23-27-38(28-24-36)40(31-11-7-3)32-12-8-4/h17-20,33-38H,5-16,21-32H2,1-4H3/b19-17+,20-18+. The van der Waals surface area contributed by atoms with Gasteiger partial charge in [-0.2, -0.15) is 0 Å². The average molecular weight is 555 g/mol. The highest BCUT2D eigenvalue weighted by Crippen LogP contribution is 2.35. The van der Waals surface area contributed by atoms with Crippen molar-refractivity contribution in [2.75, 3.05) is 26.2 Å². The van der Waals surface area contributed by atoms with E-state index in [2.05, 4.69) is 61.8 Å². The van der Waals surface area contributed by atoms with Crippen molar-refractivity contribution in [3.63, 3.8) is 0 Å². The first-order chi connectivity index (χ1) is 19.7. The molecule has 0 aromatic heterocycles. The largest absolute Gasteiger partial charge is 0.300 e. The fourth-order valence-electron chi connectivity index (χ4n) is 7.88. The topological polar surface area (TPSA) is 6.48 Å². The molecule has 0 heterocycles. The van der Waals surface area contributed by atoms with E-state index in [4.69, 9.17) is 0 Å². The molecule has 3 aliphatic rings. The van der Waals surface area contributed by atoms with Gasteiger partial charge < -0.3 is 9.80 Å². The monoisotopic (exact) mass is 555 g/mol. The molecule has 0 aliphatic heterocycles. The van der Waals surface area contributed by atoms with Crippen LogP contribution in [0.3, 0.4) is 0 Å². The molecule has 0 bridgehead atoms. The summed E-state index contributed by atoms with van der Waals surface area (Å²) in [5.41, 5.74) is 0. The molecule has 0 aromatic rings. The Hall–Kier alpha value is -0.600. The van der Waals surface area contributed by atoms with Crippen molar-refractivity contribution in [3.05, 3.63) is 24.3 Å². The van der Waals surface area contributed by atoms with E-state index >= 15 is 0 Å². The molecule has 0 unspecified atom stereocenters. The molecule has 0 radical (unpaired) electrons. The summed E-state index contributed by atoms with van der Waals surface area (Å²) < 4.78 is 0. The summed E-state index contributed by atoms with van der Waals surface area (Å²) in [6, 6.07) is 1.72. The maximum atomic E-state index is 2.85. The first kappa shape index (κ1) is 33.9. The van der Waals surface area contributed by atoms with Gasteiger partial charge in [0.05, 0.1) is 0 Å². The van der Waals surface area contributed by atoms with Crippen LogP contribution in [0.15, 0.2) is 24.3 Å². The van der Waals surface area contributed by atoms with Crippen molar-refractivity contribution < 1.29 is 0 Å². The van der Waals surface area contributed by atoms with Crippen molar-refractivity contribution in [3.8, 4) is 0 Å². The average Bonchev–Trinajstić information content (AvgIpc) is 3.00. The van der Waals surface area contributed by atoms with E-state index < -0.39 is 0 Å². The molecule has 0 N–H and O–H groups in total. The van der Waals surface area contributed by atoms with Gasteiger partial charge in [0.2, 0.25) is 0 Å². The van der Waals surface area contributed by atoms with Crippen LogP contribution >= 0.6 is 0 Å². The van der Waals surface area contributed by atoms with Gasteiger partial charge in [-0.3, -0.25) is 0 Å². The number of hydrogen-bond donors (Lipinski definition) is 0. The van der Waals surface area contributed by atoms with Crippen LogP contribution in [0.2, 0.25) is 0 Å². The number of hydrogen-bond acceptors (Lipinski definition) is 2. The van der Waals surface area contributed by atoms with Crippen molar-refractivity contribution >= 4 is 0 Å². The molecular weight excluding hydrogens is 484 g/mol.